The number of phenolic OH excluding ortho intramolecular Hbond substituents is 1. The molecule has 2 atom stereocenters. The maximum absolute atomic E-state index is 14.0. The first kappa shape index (κ1) is 26.1. The second-order valence-electron chi connectivity index (χ2n) is 10.1. The zero-order valence-electron chi connectivity index (χ0n) is 22.5. The van der Waals surface area contributed by atoms with Gasteiger partial charge in [0.25, 0.3) is 5.91 Å². The summed E-state index contributed by atoms with van der Waals surface area (Å²) >= 11 is 0. The molecule has 0 saturated carbocycles. The highest BCUT2D eigenvalue weighted by molar-refractivity contribution is 6.08. The molecule has 3 heterocycles. The molecule has 3 amide bonds. The fourth-order valence-corrected chi connectivity index (χ4v) is 5.88. The average Bonchev–Trinajstić information content (AvgIpc) is 3.34. The molecule has 3 aromatic rings. The number of likely N-dealkylation sites (N-methyl/N-ethyl adjacent to an activating group) is 1. The zero-order chi connectivity index (χ0) is 27.0. The molecular formula is C29H36N4O5. The van der Waals surface area contributed by atoms with Gasteiger partial charge in [-0.15, -0.1) is 0 Å². The number of H-pyrrole nitrogens is 1. The minimum absolute atomic E-state index is 0.109. The predicted octanol–water partition coefficient (Wildman–Crippen LogP) is 3.91. The number of carbonyl (C=O) groups excluding carboxylic acids is 2. The van der Waals surface area contributed by atoms with Gasteiger partial charge in [-0.3, -0.25) is 19.5 Å². The summed E-state index contributed by atoms with van der Waals surface area (Å²) in [7, 11) is 1.66. The number of rotatable bonds is 10. The summed E-state index contributed by atoms with van der Waals surface area (Å²) in [5, 5.41) is 11.3. The SMILES string of the molecule is CCOc1ccc2[nH]c3c(c2c1)CC1(C)C(=O)N(CCN(CC)CCOC)C(=O)N1C3c1cccc(O)c1. The summed E-state index contributed by atoms with van der Waals surface area (Å²) in [4.78, 5) is 36.8. The summed E-state index contributed by atoms with van der Waals surface area (Å²) in [5.41, 5.74) is 2.44. The number of nitrogens with one attached hydrogen (secondary N) is 1. The third-order valence-electron chi connectivity index (χ3n) is 7.83. The van der Waals surface area contributed by atoms with Crippen molar-refractivity contribution >= 4 is 22.8 Å². The van der Waals surface area contributed by atoms with Crippen LogP contribution in [0.5, 0.6) is 11.5 Å². The van der Waals surface area contributed by atoms with Crippen molar-refractivity contribution in [1.29, 1.82) is 0 Å². The normalized spacial score (nSPS) is 20.9. The zero-order valence-corrected chi connectivity index (χ0v) is 22.5. The summed E-state index contributed by atoms with van der Waals surface area (Å²) in [6, 6.07) is 11.9. The van der Waals surface area contributed by atoms with E-state index in [4.69, 9.17) is 9.47 Å². The number of aromatic nitrogens is 1. The monoisotopic (exact) mass is 520 g/mol. The standard InChI is InChI=1S/C29H36N4O5/c1-5-31(14-15-37-4)12-13-32-27(35)29(3)18-23-22-17-21(38-6-2)10-11-24(22)30-25(23)26(33(29)28(32)36)19-8-7-9-20(34)16-19/h7-11,16-17,26,30,34H,5-6,12-15,18H2,1-4H3. The number of fused-ring (bicyclic) bond motifs is 4. The molecule has 202 valence electrons. The summed E-state index contributed by atoms with van der Waals surface area (Å²) < 4.78 is 11.0. The molecule has 2 aliphatic heterocycles. The molecule has 1 saturated heterocycles. The number of aromatic hydroxyl groups is 1. The number of carbonyl (C=O) groups is 2. The summed E-state index contributed by atoms with van der Waals surface area (Å²) in [6.45, 7) is 9.40. The molecule has 2 aliphatic rings. The smallest absolute Gasteiger partial charge is 0.328 e. The number of imide groups is 1. The van der Waals surface area contributed by atoms with Crippen LogP contribution in [-0.4, -0.2) is 88.8 Å². The van der Waals surface area contributed by atoms with Gasteiger partial charge in [0.2, 0.25) is 0 Å². The van der Waals surface area contributed by atoms with Gasteiger partial charge in [-0.2, -0.15) is 0 Å². The lowest BCUT2D eigenvalue weighted by atomic mass is 9.81. The Labute approximate surface area is 222 Å². The molecule has 0 bridgehead atoms. The van der Waals surface area contributed by atoms with Gasteiger partial charge in [0.15, 0.2) is 0 Å². The van der Waals surface area contributed by atoms with Crippen LogP contribution in [0, 0.1) is 0 Å². The van der Waals surface area contributed by atoms with Crippen LogP contribution in [-0.2, 0) is 16.0 Å². The van der Waals surface area contributed by atoms with Crippen LogP contribution in [0.4, 0.5) is 4.79 Å². The van der Waals surface area contributed by atoms with Gasteiger partial charge in [-0.05, 0) is 61.9 Å². The van der Waals surface area contributed by atoms with E-state index in [0.29, 0.717) is 32.7 Å². The molecule has 0 spiro atoms. The van der Waals surface area contributed by atoms with Gasteiger partial charge < -0.3 is 19.6 Å². The second kappa shape index (κ2) is 10.3. The fourth-order valence-electron chi connectivity index (χ4n) is 5.88. The number of benzene rings is 2. The number of hydrogen-bond acceptors (Lipinski definition) is 6. The third-order valence-corrected chi connectivity index (χ3v) is 7.83. The molecule has 1 aromatic heterocycles. The van der Waals surface area contributed by atoms with E-state index >= 15 is 0 Å². The first-order valence-corrected chi connectivity index (χ1v) is 13.2. The second-order valence-corrected chi connectivity index (χ2v) is 10.1. The lowest BCUT2D eigenvalue weighted by Gasteiger charge is -2.42. The van der Waals surface area contributed by atoms with Gasteiger partial charge in [0.1, 0.15) is 23.1 Å². The number of aromatic amines is 1. The number of urea groups is 1. The van der Waals surface area contributed by atoms with E-state index in [1.807, 2.05) is 38.1 Å². The Morgan fingerprint density at radius 2 is 1.97 bits per heavy atom. The van der Waals surface area contributed by atoms with Crippen LogP contribution < -0.4 is 4.74 Å². The quantitative estimate of drug-likeness (QED) is 0.394. The Hall–Kier alpha value is -3.56. The Bertz CT molecular complexity index is 1350. The molecule has 38 heavy (non-hydrogen) atoms. The molecule has 2 N–H and O–H groups in total. The van der Waals surface area contributed by atoms with E-state index in [2.05, 4.69) is 16.8 Å². The Kier molecular flexibility index (Phi) is 7.07. The van der Waals surface area contributed by atoms with Gasteiger partial charge in [0.05, 0.1) is 13.2 Å². The molecule has 2 unspecified atom stereocenters. The summed E-state index contributed by atoms with van der Waals surface area (Å²) in [5.74, 6) is 0.670. The minimum atomic E-state index is -1.07. The Morgan fingerprint density at radius 1 is 1.16 bits per heavy atom. The number of hydrogen-bond donors (Lipinski definition) is 2. The van der Waals surface area contributed by atoms with Crippen molar-refractivity contribution in [2.45, 2.75) is 38.8 Å². The first-order valence-electron chi connectivity index (χ1n) is 13.2. The van der Waals surface area contributed by atoms with Crippen LogP contribution in [0.1, 0.15) is 43.6 Å². The molecule has 0 aliphatic carbocycles. The van der Waals surface area contributed by atoms with Crippen molar-refractivity contribution in [3.63, 3.8) is 0 Å². The van der Waals surface area contributed by atoms with Crippen LogP contribution in [0.15, 0.2) is 42.5 Å². The van der Waals surface area contributed by atoms with E-state index in [1.165, 1.54) is 4.90 Å². The van der Waals surface area contributed by atoms with Gasteiger partial charge in [0, 0.05) is 49.8 Å². The molecule has 1 fully saturated rings. The van der Waals surface area contributed by atoms with E-state index in [1.54, 1.807) is 30.2 Å². The van der Waals surface area contributed by atoms with E-state index in [-0.39, 0.29) is 17.7 Å². The summed E-state index contributed by atoms with van der Waals surface area (Å²) in [6.07, 6.45) is 0.384. The van der Waals surface area contributed by atoms with Crippen molar-refractivity contribution in [2.75, 3.05) is 46.5 Å². The number of ether oxygens (including phenoxy) is 2. The van der Waals surface area contributed by atoms with Gasteiger partial charge in [-0.1, -0.05) is 19.1 Å². The topological polar surface area (TPSA) is 98.3 Å². The molecule has 2 aromatic carbocycles. The van der Waals surface area contributed by atoms with Crippen molar-refractivity contribution < 1.29 is 24.2 Å². The number of nitrogens with zero attached hydrogens (tertiary/aromatic N) is 3. The predicted molar refractivity (Wildman–Crippen MR) is 144 cm³/mol. The van der Waals surface area contributed by atoms with Crippen LogP contribution in [0.2, 0.25) is 0 Å². The first-order chi connectivity index (χ1) is 18.3. The van der Waals surface area contributed by atoms with E-state index in [0.717, 1.165) is 46.6 Å². The van der Waals surface area contributed by atoms with E-state index < -0.39 is 11.6 Å². The molecule has 9 heteroatoms. The highest BCUT2D eigenvalue weighted by Gasteiger charge is 2.60. The number of methoxy groups -OCH3 is 1. The maximum atomic E-state index is 14.0. The number of phenols is 1. The van der Waals surface area contributed by atoms with Crippen molar-refractivity contribution in [1.82, 2.24) is 19.7 Å². The highest BCUT2D eigenvalue weighted by atomic mass is 16.5. The van der Waals surface area contributed by atoms with Crippen LogP contribution in [0.25, 0.3) is 10.9 Å². The van der Waals surface area contributed by atoms with E-state index in [9.17, 15) is 14.7 Å². The molecule has 9 nitrogen and oxygen atoms in total. The lowest BCUT2D eigenvalue weighted by molar-refractivity contribution is -0.133. The van der Waals surface area contributed by atoms with Crippen molar-refractivity contribution in [3.05, 3.63) is 59.3 Å². The van der Waals surface area contributed by atoms with Gasteiger partial charge in [-0.25, -0.2) is 4.79 Å². The number of amides is 3. The van der Waals surface area contributed by atoms with Crippen LogP contribution in [0.3, 0.4) is 0 Å². The third kappa shape index (κ3) is 4.29. The average molecular weight is 521 g/mol. The van der Waals surface area contributed by atoms with Gasteiger partial charge >= 0.3 is 6.03 Å². The minimum Gasteiger partial charge on any atom is -0.508 e. The largest absolute Gasteiger partial charge is 0.508 e. The maximum Gasteiger partial charge on any atom is 0.328 e. The molecular weight excluding hydrogens is 484 g/mol. The van der Waals surface area contributed by atoms with Crippen LogP contribution >= 0.6 is 0 Å². The fraction of sp³-hybridized carbons (Fsp3) is 0.448. The molecule has 5 rings (SSSR count). The Balaban J connectivity index is 1.58. The highest BCUT2D eigenvalue weighted by Crippen LogP contribution is 2.49. The Morgan fingerprint density at radius 3 is 2.68 bits per heavy atom. The molecule has 0 radical (unpaired) electrons. The van der Waals surface area contributed by atoms with Crippen molar-refractivity contribution in [2.24, 2.45) is 0 Å². The van der Waals surface area contributed by atoms with Crippen molar-refractivity contribution in [3.8, 4) is 11.5 Å². The lowest BCUT2D eigenvalue weighted by Crippen LogP contribution is -2.53.